The molecule has 5 amide bonds. The number of nitrogens with zero attached hydrogens (tertiary/aromatic N) is 4. The van der Waals surface area contributed by atoms with E-state index in [1.807, 2.05) is 36.4 Å². The van der Waals surface area contributed by atoms with E-state index in [-0.39, 0.29) is 47.6 Å². The second kappa shape index (κ2) is 14.6. The van der Waals surface area contributed by atoms with Crippen LogP contribution in [-0.2, 0) is 22.6 Å². The molecule has 0 spiro atoms. The minimum absolute atomic E-state index is 0.0937. The van der Waals surface area contributed by atoms with Crippen molar-refractivity contribution in [1.29, 1.82) is 5.26 Å². The number of ether oxygens (including phenoxy) is 1. The largest absolute Gasteiger partial charge is 0.489 e. The van der Waals surface area contributed by atoms with Crippen molar-refractivity contribution >= 4 is 46.8 Å². The normalized spacial score (nSPS) is 24.2. The zero-order valence-electron chi connectivity index (χ0n) is 32.7. The Labute approximate surface area is 337 Å². The number of benzene rings is 3. The van der Waals surface area contributed by atoms with E-state index in [1.54, 1.807) is 18.2 Å². The fourth-order valence-electron chi connectivity index (χ4n) is 10.1. The van der Waals surface area contributed by atoms with Crippen LogP contribution in [0.5, 0.6) is 5.75 Å². The van der Waals surface area contributed by atoms with Gasteiger partial charge >= 0.3 is 0 Å². The third kappa shape index (κ3) is 6.95. The number of imide groups is 2. The standard InChI is InChI=1S/C44H47ClN6O6/c1-43(2)41(44(3,4)42(43)57-31-10-7-28(22-46)34(45)21-31)48-37(53)26-5-8-30(9-6-26)50-17-13-25(14-18-50)23-49-16-15-27-19-32-33(20-29(27)24-49)40(56)51(39(32)55)35-11-12-36(52)47-38(35)54/h5-10,19-21,25,35,41-42H,11-18,23-24H2,1-4H3,(H,48,53)(H,47,52,54). The van der Waals surface area contributed by atoms with Gasteiger partial charge in [-0.2, -0.15) is 5.26 Å². The van der Waals surface area contributed by atoms with Gasteiger partial charge in [0.25, 0.3) is 17.7 Å². The average Bonchev–Trinajstić information content (AvgIpc) is 3.42. The average molecular weight is 791 g/mol. The summed E-state index contributed by atoms with van der Waals surface area (Å²) in [7, 11) is 0. The van der Waals surface area contributed by atoms with Crippen molar-refractivity contribution in [1.82, 2.24) is 20.4 Å². The number of nitriles is 1. The maximum Gasteiger partial charge on any atom is 0.262 e. The van der Waals surface area contributed by atoms with E-state index in [2.05, 4.69) is 54.2 Å². The first-order chi connectivity index (χ1) is 27.1. The molecule has 57 heavy (non-hydrogen) atoms. The zero-order valence-corrected chi connectivity index (χ0v) is 33.4. The van der Waals surface area contributed by atoms with Crippen LogP contribution < -0.4 is 20.3 Å². The summed E-state index contributed by atoms with van der Waals surface area (Å²) in [5.74, 6) is -0.935. The molecule has 2 N–H and O–H groups in total. The maximum atomic E-state index is 13.5. The highest BCUT2D eigenvalue weighted by molar-refractivity contribution is 6.31. The molecule has 12 nitrogen and oxygen atoms in total. The highest BCUT2D eigenvalue weighted by Crippen LogP contribution is 2.55. The fourth-order valence-corrected chi connectivity index (χ4v) is 10.3. The number of hydrogen-bond donors (Lipinski definition) is 2. The van der Waals surface area contributed by atoms with Crippen molar-refractivity contribution in [2.75, 3.05) is 31.1 Å². The maximum absolute atomic E-state index is 13.5. The summed E-state index contributed by atoms with van der Waals surface area (Å²) in [5, 5.41) is 15.1. The number of piperidine rings is 2. The van der Waals surface area contributed by atoms with E-state index in [9.17, 15) is 29.2 Å². The molecule has 3 aromatic carbocycles. The van der Waals surface area contributed by atoms with Crippen LogP contribution in [-0.4, -0.2) is 83.7 Å². The molecule has 4 aliphatic heterocycles. The third-order valence-corrected chi connectivity index (χ3v) is 13.2. The Balaban J connectivity index is 0.828. The predicted molar refractivity (Wildman–Crippen MR) is 213 cm³/mol. The van der Waals surface area contributed by atoms with Crippen molar-refractivity contribution in [2.24, 2.45) is 16.7 Å². The summed E-state index contributed by atoms with van der Waals surface area (Å²) in [6, 6.07) is 17.6. The summed E-state index contributed by atoms with van der Waals surface area (Å²) in [5.41, 5.74) is 4.16. The number of nitrogens with one attached hydrogen (secondary N) is 2. The van der Waals surface area contributed by atoms with Gasteiger partial charge in [-0.15, -0.1) is 0 Å². The highest BCUT2D eigenvalue weighted by atomic mass is 35.5. The number of halogens is 1. The summed E-state index contributed by atoms with van der Waals surface area (Å²) < 4.78 is 6.38. The number of hydrogen-bond acceptors (Lipinski definition) is 9. The number of carbonyl (C=O) groups is 5. The Kier molecular flexibility index (Phi) is 9.89. The van der Waals surface area contributed by atoms with E-state index in [0.717, 1.165) is 67.2 Å². The van der Waals surface area contributed by atoms with Crippen LogP contribution >= 0.6 is 11.6 Å². The van der Waals surface area contributed by atoms with Gasteiger partial charge in [0.05, 0.1) is 21.7 Å². The lowest BCUT2D eigenvalue weighted by atomic mass is 9.49. The van der Waals surface area contributed by atoms with E-state index in [1.165, 1.54) is 0 Å². The topological polar surface area (TPSA) is 152 Å². The Morgan fingerprint density at radius 3 is 2.19 bits per heavy atom. The molecule has 0 radical (unpaired) electrons. The highest BCUT2D eigenvalue weighted by Gasteiger charge is 2.64. The fraction of sp³-hybridized carbons (Fsp3) is 0.455. The Morgan fingerprint density at radius 2 is 1.56 bits per heavy atom. The predicted octanol–water partition coefficient (Wildman–Crippen LogP) is 5.50. The Morgan fingerprint density at radius 1 is 0.895 bits per heavy atom. The van der Waals surface area contributed by atoms with Gasteiger partial charge in [-0.1, -0.05) is 39.3 Å². The van der Waals surface area contributed by atoms with Crippen LogP contribution in [0.15, 0.2) is 54.6 Å². The van der Waals surface area contributed by atoms with E-state index < -0.39 is 23.8 Å². The van der Waals surface area contributed by atoms with Crippen LogP contribution in [0.2, 0.25) is 5.02 Å². The smallest absolute Gasteiger partial charge is 0.262 e. The minimum Gasteiger partial charge on any atom is -0.489 e. The van der Waals surface area contributed by atoms with Crippen molar-refractivity contribution in [2.45, 2.75) is 84.5 Å². The van der Waals surface area contributed by atoms with Crippen LogP contribution in [0.3, 0.4) is 0 Å². The molecule has 4 heterocycles. The van der Waals surface area contributed by atoms with E-state index in [4.69, 9.17) is 16.3 Å². The molecule has 2 saturated heterocycles. The molecular weight excluding hydrogens is 744 g/mol. The summed E-state index contributed by atoms with van der Waals surface area (Å²) in [6.07, 6.45) is 2.89. The lowest BCUT2D eigenvalue weighted by Crippen LogP contribution is -2.74. The first kappa shape index (κ1) is 38.6. The third-order valence-electron chi connectivity index (χ3n) is 12.9. The van der Waals surface area contributed by atoms with Crippen LogP contribution in [0.4, 0.5) is 5.69 Å². The van der Waals surface area contributed by atoms with Crippen molar-refractivity contribution in [3.8, 4) is 11.8 Å². The quantitative estimate of drug-likeness (QED) is 0.282. The monoisotopic (exact) mass is 790 g/mol. The molecule has 1 atom stereocenters. The summed E-state index contributed by atoms with van der Waals surface area (Å²) in [4.78, 5) is 70.2. The lowest BCUT2D eigenvalue weighted by Gasteiger charge is -2.63. The molecule has 3 aromatic rings. The molecule has 1 unspecified atom stereocenters. The number of fused-ring (bicyclic) bond motifs is 2. The lowest BCUT2D eigenvalue weighted by molar-refractivity contribution is -0.164. The van der Waals surface area contributed by atoms with Gasteiger partial charge in [0.15, 0.2) is 0 Å². The molecule has 0 aromatic heterocycles. The van der Waals surface area contributed by atoms with Gasteiger partial charge in [-0.3, -0.25) is 39.1 Å². The van der Waals surface area contributed by atoms with E-state index in [0.29, 0.717) is 45.5 Å². The summed E-state index contributed by atoms with van der Waals surface area (Å²) in [6.45, 7) is 12.7. The van der Waals surface area contributed by atoms with Crippen molar-refractivity contribution in [3.63, 3.8) is 0 Å². The molecule has 0 bridgehead atoms. The zero-order chi connectivity index (χ0) is 40.4. The Hall–Kier alpha value is -5.25. The molecule has 8 rings (SSSR count). The van der Waals surface area contributed by atoms with Gasteiger partial charge in [-0.25, -0.2) is 0 Å². The number of carbonyl (C=O) groups excluding carboxylic acids is 5. The molecule has 1 saturated carbocycles. The molecule has 3 fully saturated rings. The summed E-state index contributed by atoms with van der Waals surface area (Å²) >= 11 is 6.25. The van der Waals surface area contributed by atoms with Crippen LogP contribution in [0.1, 0.15) is 101 Å². The molecule has 296 valence electrons. The second-order valence-electron chi connectivity index (χ2n) is 17.4. The van der Waals surface area contributed by atoms with Gasteiger partial charge in [0.1, 0.15) is 24.0 Å². The SMILES string of the molecule is CC1(C)C(NC(=O)c2ccc(N3CCC(CN4CCc5cc6c(cc5C4)C(=O)N(C4CCC(=O)NC4=O)C6=O)CC3)cc2)C(C)(C)C1Oc1ccc(C#N)c(Cl)c1. The van der Waals surface area contributed by atoms with Gasteiger partial charge in [-0.05, 0) is 91.3 Å². The first-order valence-corrected chi connectivity index (χ1v) is 20.2. The molecule has 13 heteroatoms. The molecule has 1 aliphatic carbocycles. The second-order valence-corrected chi connectivity index (χ2v) is 17.8. The van der Waals surface area contributed by atoms with Gasteiger partial charge in [0.2, 0.25) is 11.8 Å². The number of amides is 5. The van der Waals surface area contributed by atoms with Crippen molar-refractivity contribution < 1.29 is 28.7 Å². The van der Waals surface area contributed by atoms with E-state index >= 15 is 0 Å². The minimum atomic E-state index is -0.969. The van der Waals surface area contributed by atoms with Crippen LogP contribution in [0.25, 0.3) is 0 Å². The van der Waals surface area contributed by atoms with Crippen molar-refractivity contribution in [3.05, 3.63) is 93.0 Å². The van der Waals surface area contributed by atoms with Gasteiger partial charge in [0, 0.05) is 73.3 Å². The molecule has 5 aliphatic rings. The Bertz CT molecular complexity index is 2210. The first-order valence-electron chi connectivity index (χ1n) is 19.8. The van der Waals surface area contributed by atoms with Gasteiger partial charge < -0.3 is 15.0 Å². The van der Waals surface area contributed by atoms with Crippen LogP contribution in [0, 0.1) is 28.1 Å². The number of rotatable bonds is 8. The molecular formula is C44H47ClN6O6. The number of anilines is 1.